The number of carbonyl (C=O) groups excluding carboxylic acids is 1. The van der Waals surface area contributed by atoms with Crippen LogP contribution in [0.15, 0.2) is 54.6 Å². The van der Waals surface area contributed by atoms with E-state index in [1.54, 1.807) is 4.90 Å². The lowest BCUT2D eigenvalue weighted by molar-refractivity contribution is -0.133. The number of hydrogen-bond donors (Lipinski definition) is 1. The molecule has 4 heteroatoms. The van der Waals surface area contributed by atoms with E-state index < -0.39 is 6.04 Å². The van der Waals surface area contributed by atoms with E-state index in [9.17, 15) is 4.79 Å². The Hall–Kier alpha value is -2.17. The first-order chi connectivity index (χ1) is 12.2. The van der Waals surface area contributed by atoms with Gasteiger partial charge in [0.1, 0.15) is 0 Å². The number of nitrogens with two attached hydrogens (primary N) is 1. The molecule has 1 aliphatic heterocycles. The van der Waals surface area contributed by atoms with E-state index in [0.29, 0.717) is 19.8 Å². The molecule has 1 amide bonds. The second kappa shape index (κ2) is 8.28. The van der Waals surface area contributed by atoms with Gasteiger partial charge in [0.2, 0.25) is 5.91 Å². The third-order valence-electron chi connectivity index (χ3n) is 4.94. The Labute approximate surface area is 149 Å². The molecule has 25 heavy (non-hydrogen) atoms. The van der Waals surface area contributed by atoms with Gasteiger partial charge in [0.05, 0.1) is 6.04 Å². The van der Waals surface area contributed by atoms with E-state index in [1.165, 1.54) is 0 Å². The summed E-state index contributed by atoms with van der Waals surface area (Å²) in [6.07, 6.45) is 1.72. The first-order valence-electron chi connectivity index (χ1n) is 8.88. The molecule has 0 bridgehead atoms. The van der Waals surface area contributed by atoms with Gasteiger partial charge in [-0.2, -0.15) is 0 Å². The molecule has 2 aromatic rings. The summed E-state index contributed by atoms with van der Waals surface area (Å²) in [6, 6.07) is 18.0. The number of carbonyl (C=O) groups is 1. The van der Waals surface area contributed by atoms with E-state index in [4.69, 9.17) is 10.5 Å². The minimum Gasteiger partial charge on any atom is -0.381 e. The molecule has 0 spiro atoms. The third kappa shape index (κ3) is 4.27. The molecular formula is C21H26N2O2. The van der Waals surface area contributed by atoms with Gasteiger partial charge in [-0.15, -0.1) is 0 Å². The van der Waals surface area contributed by atoms with Gasteiger partial charge in [-0.1, -0.05) is 54.6 Å². The SMILES string of the molecule is CN(Cc1ccccc1-c1ccccc1)C(=O)C(N)C1CCOCC1. The standard InChI is InChI=1S/C21H26N2O2/c1-23(21(24)20(22)17-11-13-25-14-12-17)15-18-9-5-6-10-19(18)16-7-3-2-4-8-16/h2-10,17,20H,11-15,22H2,1H3. The zero-order valence-electron chi connectivity index (χ0n) is 14.7. The van der Waals surface area contributed by atoms with Gasteiger partial charge in [0.15, 0.2) is 0 Å². The summed E-state index contributed by atoms with van der Waals surface area (Å²) < 4.78 is 5.37. The minimum atomic E-state index is -0.446. The number of likely N-dealkylation sites (N-methyl/N-ethyl adjacent to an activating group) is 1. The zero-order valence-corrected chi connectivity index (χ0v) is 14.7. The Balaban J connectivity index is 1.72. The molecule has 2 aromatic carbocycles. The predicted octanol–water partition coefficient (Wildman–Crippen LogP) is 3.07. The minimum absolute atomic E-state index is 0.00904. The normalized spacial score (nSPS) is 16.4. The van der Waals surface area contributed by atoms with Gasteiger partial charge < -0.3 is 15.4 Å². The van der Waals surface area contributed by atoms with Crippen LogP contribution in [0.2, 0.25) is 0 Å². The molecular weight excluding hydrogens is 312 g/mol. The molecule has 3 rings (SSSR count). The average Bonchev–Trinajstić information content (AvgIpc) is 2.68. The van der Waals surface area contributed by atoms with E-state index in [-0.39, 0.29) is 11.8 Å². The fourth-order valence-corrected chi connectivity index (χ4v) is 3.42. The van der Waals surface area contributed by atoms with E-state index >= 15 is 0 Å². The number of amides is 1. The monoisotopic (exact) mass is 338 g/mol. The van der Waals surface area contributed by atoms with Crippen LogP contribution in [0.25, 0.3) is 11.1 Å². The maximum atomic E-state index is 12.8. The molecule has 1 unspecified atom stereocenters. The van der Waals surface area contributed by atoms with Crippen molar-refractivity contribution in [3.63, 3.8) is 0 Å². The molecule has 132 valence electrons. The molecule has 1 heterocycles. The predicted molar refractivity (Wildman–Crippen MR) is 99.9 cm³/mol. The van der Waals surface area contributed by atoms with Crippen LogP contribution in [-0.4, -0.2) is 37.1 Å². The molecule has 1 saturated heterocycles. The Morgan fingerprint density at radius 2 is 1.76 bits per heavy atom. The van der Waals surface area contributed by atoms with Crippen molar-refractivity contribution in [1.82, 2.24) is 4.90 Å². The first kappa shape index (κ1) is 17.6. The summed E-state index contributed by atoms with van der Waals surface area (Å²) in [6.45, 7) is 1.96. The van der Waals surface area contributed by atoms with Crippen LogP contribution in [0, 0.1) is 5.92 Å². The van der Waals surface area contributed by atoms with Crippen molar-refractivity contribution >= 4 is 5.91 Å². The molecule has 0 aliphatic carbocycles. The van der Waals surface area contributed by atoms with Gasteiger partial charge in [-0.25, -0.2) is 0 Å². The summed E-state index contributed by atoms with van der Waals surface area (Å²) in [7, 11) is 1.84. The van der Waals surface area contributed by atoms with Crippen molar-refractivity contribution in [2.45, 2.75) is 25.4 Å². The lowest BCUT2D eigenvalue weighted by Crippen LogP contribution is -2.47. The number of rotatable bonds is 5. The number of hydrogen-bond acceptors (Lipinski definition) is 3. The van der Waals surface area contributed by atoms with Crippen LogP contribution in [0.4, 0.5) is 0 Å². The second-order valence-electron chi connectivity index (χ2n) is 6.69. The lowest BCUT2D eigenvalue weighted by Gasteiger charge is -2.30. The Bertz CT molecular complexity index is 696. The molecule has 0 radical (unpaired) electrons. The molecule has 1 fully saturated rings. The largest absolute Gasteiger partial charge is 0.381 e. The van der Waals surface area contributed by atoms with Crippen molar-refractivity contribution in [3.05, 3.63) is 60.2 Å². The maximum Gasteiger partial charge on any atom is 0.239 e. The Morgan fingerprint density at radius 1 is 1.12 bits per heavy atom. The highest BCUT2D eigenvalue weighted by Crippen LogP contribution is 2.25. The average molecular weight is 338 g/mol. The van der Waals surface area contributed by atoms with Crippen LogP contribution in [0.3, 0.4) is 0 Å². The van der Waals surface area contributed by atoms with Crippen molar-refractivity contribution in [3.8, 4) is 11.1 Å². The van der Waals surface area contributed by atoms with Crippen molar-refractivity contribution in [2.75, 3.05) is 20.3 Å². The highest BCUT2D eigenvalue weighted by atomic mass is 16.5. The Kier molecular flexibility index (Phi) is 5.84. The van der Waals surface area contributed by atoms with E-state index in [0.717, 1.165) is 29.5 Å². The van der Waals surface area contributed by atoms with Gasteiger partial charge >= 0.3 is 0 Å². The smallest absolute Gasteiger partial charge is 0.239 e. The summed E-state index contributed by atoms with van der Waals surface area (Å²) in [5.74, 6) is 0.225. The van der Waals surface area contributed by atoms with Gasteiger partial charge in [-0.05, 0) is 35.4 Å². The van der Waals surface area contributed by atoms with Gasteiger partial charge in [-0.3, -0.25) is 4.79 Å². The molecule has 1 atom stereocenters. The quantitative estimate of drug-likeness (QED) is 0.911. The van der Waals surface area contributed by atoms with Crippen molar-refractivity contribution < 1.29 is 9.53 Å². The van der Waals surface area contributed by atoms with Crippen LogP contribution >= 0.6 is 0 Å². The van der Waals surface area contributed by atoms with Crippen LogP contribution in [-0.2, 0) is 16.1 Å². The molecule has 2 N–H and O–H groups in total. The molecule has 1 aliphatic rings. The second-order valence-corrected chi connectivity index (χ2v) is 6.69. The van der Waals surface area contributed by atoms with E-state index in [1.807, 2.05) is 37.4 Å². The topological polar surface area (TPSA) is 55.6 Å². The zero-order chi connectivity index (χ0) is 17.6. The molecule has 4 nitrogen and oxygen atoms in total. The molecule has 0 aromatic heterocycles. The van der Waals surface area contributed by atoms with Crippen molar-refractivity contribution in [2.24, 2.45) is 11.7 Å². The summed E-state index contributed by atoms with van der Waals surface area (Å²) in [5, 5.41) is 0. The van der Waals surface area contributed by atoms with E-state index in [2.05, 4.69) is 24.3 Å². The Morgan fingerprint density at radius 3 is 2.48 bits per heavy atom. The summed E-state index contributed by atoms with van der Waals surface area (Å²) >= 11 is 0. The first-order valence-corrected chi connectivity index (χ1v) is 8.88. The maximum absolute atomic E-state index is 12.8. The third-order valence-corrected chi connectivity index (χ3v) is 4.94. The van der Waals surface area contributed by atoms with Crippen LogP contribution < -0.4 is 5.73 Å². The van der Waals surface area contributed by atoms with Gasteiger partial charge in [0, 0.05) is 26.8 Å². The molecule has 0 saturated carbocycles. The fraction of sp³-hybridized carbons (Fsp3) is 0.381. The summed E-state index contributed by atoms with van der Waals surface area (Å²) in [5.41, 5.74) is 9.69. The fourth-order valence-electron chi connectivity index (χ4n) is 3.42. The van der Waals surface area contributed by atoms with Crippen molar-refractivity contribution in [1.29, 1.82) is 0 Å². The van der Waals surface area contributed by atoms with Gasteiger partial charge in [0.25, 0.3) is 0 Å². The van der Waals surface area contributed by atoms with Crippen LogP contribution in [0.5, 0.6) is 0 Å². The number of ether oxygens (including phenoxy) is 1. The van der Waals surface area contributed by atoms with Crippen LogP contribution in [0.1, 0.15) is 18.4 Å². The lowest BCUT2D eigenvalue weighted by atomic mass is 9.91. The number of nitrogens with zero attached hydrogens (tertiary/aromatic N) is 1. The number of benzene rings is 2. The highest BCUT2D eigenvalue weighted by Gasteiger charge is 2.28. The summed E-state index contributed by atoms with van der Waals surface area (Å²) in [4.78, 5) is 14.5. The highest BCUT2D eigenvalue weighted by molar-refractivity contribution is 5.82.